The molecular formula is C16H14N2O2S. The number of nitrogens with zero attached hydrogens (tertiary/aromatic N) is 2. The van der Waals surface area contributed by atoms with E-state index in [0.29, 0.717) is 35.9 Å². The van der Waals surface area contributed by atoms with E-state index in [9.17, 15) is 10.1 Å². The van der Waals surface area contributed by atoms with Crippen LogP contribution in [0.4, 0.5) is 5.88 Å². The SMILES string of the molecule is N#Cc1cc(-c2ccccc2)oc1N1CC(CS)CC1=O. The Morgan fingerprint density at radius 1 is 1.38 bits per heavy atom. The monoisotopic (exact) mass is 298 g/mol. The Balaban J connectivity index is 1.98. The molecule has 1 aliphatic heterocycles. The summed E-state index contributed by atoms with van der Waals surface area (Å²) in [5, 5.41) is 9.29. The quantitative estimate of drug-likeness (QED) is 0.886. The predicted molar refractivity (Wildman–Crippen MR) is 83.2 cm³/mol. The minimum atomic E-state index is -0.0143. The maximum Gasteiger partial charge on any atom is 0.229 e. The zero-order valence-electron chi connectivity index (χ0n) is 11.3. The van der Waals surface area contributed by atoms with Gasteiger partial charge in [-0.2, -0.15) is 17.9 Å². The van der Waals surface area contributed by atoms with E-state index in [0.717, 1.165) is 5.56 Å². The first-order valence-corrected chi connectivity index (χ1v) is 7.36. The highest BCUT2D eigenvalue weighted by Gasteiger charge is 2.33. The number of furan rings is 1. The molecule has 4 nitrogen and oxygen atoms in total. The summed E-state index contributed by atoms with van der Waals surface area (Å²) in [5.74, 6) is 1.79. The number of nitriles is 1. The number of rotatable bonds is 3. The Bertz CT molecular complexity index is 703. The molecule has 1 atom stereocenters. The van der Waals surface area contributed by atoms with Crippen LogP contribution in [0.2, 0.25) is 0 Å². The van der Waals surface area contributed by atoms with Crippen molar-refractivity contribution < 1.29 is 9.21 Å². The fourth-order valence-electron chi connectivity index (χ4n) is 2.51. The normalized spacial score (nSPS) is 18.0. The molecule has 5 heteroatoms. The third-order valence-corrected chi connectivity index (χ3v) is 4.12. The molecular weight excluding hydrogens is 284 g/mol. The van der Waals surface area contributed by atoms with E-state index in [1.54, 1.807) is 11.0 Å². The smallest absolute Gasteiger partial charge is 0.229 e. The zero-order chi connectivity index (χ0) is 14.8. The van der Waals surface area contributed by atoms with Gasteiger partial charge < -0.3 is 4.42 Å². The van der Waals surface area contributed by atoms with Crippen molar-refractivity contribution >= 4 is 24.4 Å². The van der Waals surface area contributed by atoms with Gasteiger partial charge in [-0.3, -0.25) is 9.69 Å². The topological polar surface area (TPSA) is 57.2 Å². The summed E-state index contributed by atoms with van der Waals surface area (Å²) < 4.78 is 5.80. The van der Waals surface area contributed by atoms with Crippen molar-refractivity contribution in [2.24, 2.45) is 5.92 Å². The van der Waals surface area contributed by atoms with Crippen LogP contribution in [0.15, 0.2) is 40.8 Å². The summed E-state index contributed by atoms with van der Waals surface area (Å²) in [4.78, 5) is 13.6. The number of hydrogen-bond acceptors (Lipinski definition) is 4. The van der Waals surface area contributed by atoms with Crippen LogP contribution in [0.25, 0.3) is 11.3 Å². The minimum absolute atomic E-state index is 0.0143. The molecule has 1 amide bonds. The molecule has 0 spiro atoms. The summed E-state index contributed by atoms with van der Waals surface area (Å²) in [5.41, 5.74) is 1.28. The fourth-order valence-corrected chi connectivity index (χ4v) is 2.75. The van der Waals surface area contributed by atoms with Crippen LogP contribution in [-0.4, -0.2) is 18.2 Å². The molecule has 21 heavy (non-hydrogen) atoms. The van der Waals surface area contributed by atoms with Crippen LogP contribution in [0.5, 0.6) is 0 Å². The average molecular weight is 298 g/mol. The Morgan fingerprint density at radius 2 is 2.14 bits per heavy atom. The lowest BCUT2D eigenvalue weighted by molar-refractivity contribution is -0.117. The summed E-state index contributed by atoms with van der Waals surface area (Å²) >= 11 is 4.25. The van der Waals surface area contributed by atoms with Crippen molar-refractivity contribution in [3.63, 3.8) is 0 Å². The molecule has 0 N–H and O–H groups in total. The first kappa shape index (κ1) is 13.8. The molecule has 3 rings (SSSR count). The van der Waals surface area contributed by atoms with Crippen LogP contribution in [-0.2, 0) is 4.79 Å². The van der Waals surface area contributed by atoms with Gasteiger partial charge in [0.2, 0.25) is 11.8 Å². The number of carbonyl (C=O) groups is 1. The summed E-state index contributed by atoms with van der Waals surface area (Å²) in [6, 6.07) is 13.3. The van der Waals surface area contributed by atoms with Gasteiger partial charge in [-0.25, -0.2) is 0 Å². The second-order valence-corrected chi connectivity index (χ2v) is 5.43. The molecule has 106 valence electrons. The van der Waals surface area contributed by atoms with Gasteiger partial charge in [0.15, 0.2) is 0 Å². The van der Waals surface area contributed by atoms with Gasteiger partial charge in [-0.05, 0) is 11.7 Å². The van der Waals surface area contributed by atoms with Gasteiger partial charge in [0.1, 0.15) is 17.4 Å². The first-order valence-electron chi connectivity index (χ1n) is 6.73. The van der Waals surface area contributed by atoms with E-state index in [2.05, 4.69) is 18.7 Å². The number of amides is 1. The van der Waals surface area contributed by atoms with E-state index >= 15 is 0 Å². The van der Waals surface area contributed by atoms with Crippen LogP contribution in [0, 0.1) is 17.2 Å². The Morgan fingerprint density at radius 3 is 2.76 bits per heavy atom. The third-order valence-electron chi connectivity index (χ3n) is 3.60. The van der Waals surface area contributed by atoms with Crippen molar-refractivity contribution in [2.75, 3.05) is 17.2 Å². The molecule has 1 aliphatic rings. The van der Waals surface area contributed by atoms with Gasteiger partial charge in [-0.1, -0.05) is 30.3 Å². The van der Waals surface area contributed by atoms with Crippen molar-refractivity contribution in [3.05, 3.63) is 42.0 Å². The third kappa shape index (κ3) is 2.55. The molecule has 0 saturated carbocycles. The highest BCUT2D eigenvalue weighted by Crippen LogP contribution is 2.34. The molecule has 1 fully saturated rings. The number of benzene rings is 1. The molecule has 1 aromatic heterocycles. The van der Waals surface area contributed by atoms with E-state index < -0.39 is 0 Å². The largest absolute Gasteiger partial charge is 0.439 e. The predicted octanol–water partition coefficient (Wildman–Crippen LogP) is 3.10. The Labute approximate surface area is 128 Å². The van der Waals surface area contributed by atoms with Gasteiger partial charge in [0.25, 0.3) is 0 Å². The average Bonchev–Trinajstić information content (AvgIpc) is 3.11. The van der Waals surface area contributed by atoms with Crippen LogP contribution < -0.4 is 4.90 Å². The zero-order valence-corrected chi connectivity index (χ0v) is 12.2. The molecule has 0 aliphatic carbocycles. The molecule has 2 heterocycles. The summed E-state index contributed by atoms with van der Waals surface area (Å²) in [7, 11) is 0. The fraction of sp³-hybridized carbons (Fsp3) is 0.250. The highest BCUT2D eigenvalue weighted by atomic mass is 32.1. The van der Waals surface area contributed by atoms with Crippen molar-refractivity contribution in [3.8, 4) is 17.4 Å². The van der Waals surface area contributed by atoms with Gasteiger partial charge in [0.05, 0.1) is 0 Å². The molecule has 0 radical (unpaired) electrons. The van der Waals surface area contributed by atoms with Crippen LogP contribution >= 0.6 is 12.6 Å². The van der Waals surface area contributed by atoms with Gasteiger partial charge in [0, 0.05) is 24.6 Å². The van der Waals surface area contributed by atoms with Gasteiger partial charge >= 0.3 is 0 Å². The number of carbonyl (C=O) groups excluding carboxylic acids is 1. The molecule has 2 aromatic rings. The van der Waals surface area contributed by atoms with Gasteiger partial charge in [-0.15, -0.1) is 0 Å². The summed E-state index contributed by atoms with van der Waals surface area (Å²) in [6.07, 6.45) is 0.454. The molecule has 1 aromatic carbocycles. The van der Waals surface area contributed by atoms with Crippen molar-refractivity contribution in [1.29, 1.82) is 5.26 Å². The first-order chi connectivity index (χ1) is 10.2. The maximum atomic E-state index is 12.1. The van der Waals surface area contributed by atoms with Crippen LogP contribution in [0.1, 0.15) is 12.0 Å². The molecule has 1 unspecified atom stereocenters. The molecule has 0 bridgehead atoms. The Kier molecular flexibility index (Phi) is 3.72. The lowest BCUT2D eigenvalue weighted by atomic mass is 10.1. The van der Waals surface area contributed by atoms with E-state index in [1.807, 2.05) is 30.3 Å². The number of hydrogen-bond donors (Lipinski definition) is 1. The molecule has 1 saturated heterocycles. The van der Waals surface area contributed by atoms with Crippen molar-refractivity contribution in [2.45, 2.75) is 6.42 Å². The standard InChI is InChI=1S/C16H14N2O2S/c17-8-13-7-14(12-4-2-1-3-5-12)20-16(13)18-9-11(10-21)6-15(18)19/h1-5,7,11,21H,6,9-10H2. The Hall–Kier alpha value is -2.19. The second kappa shape index (κ2) is 5.66. The summed E-state index contributed by atoms with van der Waals surface area (Å²) in [6.45, 7) is 0.554. The highest BCUT2D eigenvalue weighted by molar-refractivity contribution is 7.80. The second-order valence-electron chi connectivity index (χ2n) is 5.06. The van der Waals surface area contributed by atoms with E-state index in [4.69, 9.17) is 4.42 Å². The minimum Gasteiger partial charge on any atom is -0.439 e. The van der Waals surface area contributed by atoms with E-state index in [-0.39, 0.29) is 11.8 Å². The maximum absolute atomic E-state index is 12.1. The number of thiol groups is 1. The van der Waals surface area contributed by atoms with Crippen LogP contribution in [0.3, 0.4) is 0 Å². The number of anilines is 1. The lowest BCUT2D eigenvalue weighted by Crippen LogP contribution is -2.24. The van der Waals surface area contributed by atoms with E-state index in [1.165, 1.54) is 0 Å². The van der Waals surface area contributed by atoms with Crippen molar-refractivity contribution in [1.82, 2.24) is 0 Å². The lowest BCUT2D eigenvalue weighted by Gasteiger charge is -2.13.